The minimum Gasteiger partial charge on any atom is -0.387 e. The van der Waals surface area contributed by atoms with Gasteiger partial charge in [-0.2, -0.15) is 8.42 Å². The van der Waals surface area contributed by atoms with E-state index in [9.17, 15) is 22.9 Å². The maximum absolute atomic E-state index is 12.5. The maximum Gasteiger partial charge on any atom is 0.267 e. The number of aliphatic hydroxyl groups excluding tert-OH is 1. The van der Waals surface area contributed by atoms with E-state index in [-0.39, 0.29) is 12.3 Å². The highest BCUT2D eigenvalue weighted by Crippen LogP contribution is 2.15. The number of carbonyl (C=O) groups excluding carboxylic acids is 1. The first-order valence-corrected chi connectivity index (χ1v) is 22.8. The van der Waals surface area contributed by atoms with Gasteiger partial charge < -0.3 is 10.4 Å². The molecule has 0 aromatic rings. The molecule has 0 aromatic carbocycles. The van der Waals surface area contributed by atoms with Crippen LogP contribution >= 0.6 is 0 Å². The van der Waals surface area contributed by atoms with Crippen molar-refractivity contribution >= 4 is 16.0 Å². The van der Waals surface area contributed by atoms with E-state index in [1.165, 1.54) is 128 Å². The second-order valence-corrected chi connectivity index (χ2v) is 16.1. The van der Waals surface area contributed by atoms with Gasteiger partial charge in [0.2, 0.25) is 5.91 Å². The van der Waals surface area contributed by atoms with Gasteiger partial charge in [-0.1, -0.05) is 198 Å². The molecule has 50 heavy (non-hydrogen) atoms. The van der Waals surface area contributed by atoms with Gasteiger partial charge in [0.05, 0.1) is 17.9 Å². The SMILES string of the molecule is CCCC/C=C\C/C=C\CCCCCCCC(=O)NC(CS(=O)(=O)O)C(O)/C=C/CCCCCCCCCCCCCCCCCCCCC. The monoisotopic (exact) mass is 724 g/mol. The molecule has 0 aliphatic heterocycles. The minimum absolute atomic E-state index is 0.280. The number of allylic oxidation sites excluding steroid dienone is 5. The first-order valence-electron chi connectivity index (χ1n) is 21.2. The third-order valence-corrected chi connectivity index (χ3v) is 10.3. The molecule has 3 N–H and O–H groups in total. The van der Waals surface area contributed by atoms with E-state index in [4.69, 9.17) is 0 Å². The van der Waals surface area contributed by atoms with Gasteiger partial charge in [-0.15, -0.1) is 0 Å². The van der Waals surface area contributed by atoms with Crippen LogP contribution in [0.25, 0.3) is 0 Å². The highest BCUT2D eigenvalue weighted by atomic mass is 32.2. The van der Waals surface area contributed by atoms with Gasteiger partial charge in [0, 0.05) is 6.42 Å². The molecule has 2 atom stereocenters. The molecule has 6 nitrogen and oxygen atoms in total. The smallest absolute Gasteiger partial charge is 0.267 e. The summed E-state index contributed by atoms with van der Waals surface area (Å²) in [6.07, 6.45) is 48.5. The van der Waals surface area contributed by atoms with Crippen LogP contribution in [0.2, 0.25) is 0 Å². The van der Waals surface area contributed by atoms with Crippen LogP contribution in [0, 0.1) is 0 Å². The molecule has 2 unspecified atom stereocenters. The number of hydrogen-bond acceptors (Lipinski definition) is 4. The van der Waals surface area contributed by atoms with Crippen LogP contribution in [0.15, 0.2) is 36.5 Å². The predicted octanol–water partition coefficient (Wildman–Crippen LogP) is 12.5. The molecule has 0 aliphatic carbocycles. The second kappa shape index (κ2) is 37.3. The Balaban J connectivity index is 3.89. The van der Waals surface area contributed by atoms with Crippen molar-refractivity contribution in [1.82, 2.24) is 5.32 Å². The Bertz CT molecular complexity index is 930. The molecule has 294 valence electrons. The zero-order chi connectivity index (χ0) is 36.8. The predicted molar refractivity (Wildman–Crippen MR) is 216 cm³/mol. The van der Waals surface area contributed by atoms with E-state index in [1.807, 2.05) is 6.08 Å². The molecule has 0 spiro atoms. The van der Waals surface area contributed by atoms with E-state index in [0.29, 0.717) is 6.42 Å². The lowest BCUT2D eigenvalue weighted by Gasteiger charge is -2.21. The number of amides is 1. The van der Waals surface area contributed by atoms with Crippen LogP contribution in [0.4, 0.5) is 0 Å². The summed E-state index contributed by atoms with van der Waals surface area (Å²) in [5, 5.41) is 13.2. The van der Waals surface area contributed by atoms with Crippen molar-refractivity contribution in [3.05, 3.63) is 36.5 Å². The van der Waals surface area contributed by atoms with Gasteiger partial charge >= 0.3 is 0 Å². The van der Waals surface area contributed by atoms with Crippen molar-refractivity contribution in [3.8, 4) is 0 Å². The van der Waals surface area contributed by atoms with Crippen LogP contribution in [-0.4, -0.2) is 41.9 Å². The number of nitrogens with one attached hydrogen (secondary N) is 1. The van der Waals surface area contributed by atoms with Crippen LogP contribution in [-0.2, 0) is 14.9 Å². The number of hydrogen-bond donors (Lipinski definition) is 3. The van der Waals surface area contributed by atoms with E-state index in [0.717, 1.165) is 57.8 Å². The summed E-state index contributed by atoms with van der Waals surface area (Å²) in [5.41, 5.74) is 0. The normalized spacial score (nSPS) is 13.6. The molecule has 0 saturated heterocycles. The Morgan fingerprint density at radius 2 is 0.920 bits per heavy atom. The van der Waals surface area contributed by atoms with Crippen molar-refractivity contribution < 1.29 is 22.9 Å². The number of unbranched alkanes of at least 4 members (excludes halogenated alkanes) is 26. The molecular formula is C43H81NO5S. The molecule has 0 aromatic heterocycles. The quantitative estimate of drug-likeness (QED) is 0.0334. The fraction of sp³-hybridized carbons (Fsp3) is 0.837. The molecule has 0 radical (unpaired) electrons. The lowest BCUT2D eigenvalue weighted by atomic mass is 10.0. The maximum atomic E-state index is 12.5. The fourth-order valence-corrected chi connectivity index (χ4v) is 7.08. The molecule has 7 heteroatoms. The van der Waals surface area contributed by atoms with E-state index in [1.54, 1.807) is 6.08 Å². The summed E-state index contributed by atoms with van der Waals surface area (Å²) in [7, 11) is -4.35. The molecule has 0 aliphatic rings. The Morgan fingerprint density at radius 1 is 0.540 bits per heavy atom. The molecule has 0 fully saturated rings. The van der Waals surface area contributed by atoms with Crippen molar-refractivity contribution in [2.24, 2.45) is 0 Å². The molecule has 0 bridgehead atoms. The summed E-state index contributed by atoms with van der Waals surface area (Å²) in [6, 6.07) is -1.06. The highest BCUT2D eigenvalue weighted by Gasteiger charge is 2.24. The summed E-state index contributed by atoms with van der Waals surface area (Å²) < 4.78 is 32.5. The van der Waals surface area contributed by atoms with Gasteiger partial charge in [-0.25, -0.2) is 0 Å². The van der Waals surface area contributed by atoms with Crippen molar-refractivity contribution in [2.45, 2.75) is 225 Å². The lowest BCUT2D eigenvalue weighted by Crippen LogP contribution is -2.46. The Hall–Kier alpha value is -1.44. The summed E-state index contributed by atoms with van der Waals surface area (Å²) in [4.78, 5) is 12.5. The third kappa shape index (κ3) is 37.8. The summed E-state index contributed by atoms with van der Waals surface area (Å²) in [6.45, 7) is 4.49. The van der Waals surface area contributed by atoms with Gasteiger partial charge in [0.25, 0.3) is 10.1 Å². The van der Waals surface area contributed by atoms with Gasteiger partial charge in [-0.3, -0.25) is 9.35 Å². The van der Waals surface area contributed by atoms with Crippen LogP contribution in [0.5, 0.6) is 0 Å². The van der Waals surface area contributed by atoms with Gasteiger partial charge in [0.15, 0.2) is 0 Å². The van der Waals surface area contributed by atoms with Gasteiger partial charge in [0.1, 0.15) is 0 Å². The third-order valence-electron chi connectivity index (χ3n) is 9.56. The molecule has 0 rings (SSSR count). The summed E-state index contributed by atoms with van der Waals surface area (Å²) >= 11 is 0. The van der Waals surface area contributed by atoms with Crippen molar-refractivity contribution in [1.29, 1.82) is 0 Å². The Morgan fingerprint density at radius 3 is 1.36 bits per heavy atom. The number of rotatable bonds is 38. The first kappa shape index (κ1) is 48.6. The van der Waals surface area contributed by atoms with E-state index in [2.05, 4.69) is 43.5 Å². The minimum atomic E-state index is -4.35. The Labute approximate surface area is 310 Å². The molecule has 0 heterocycles. The Kier molecular flexibility index (Phi) is 36.2. The van der Waals surface area contributed by atoms with Crippen LogP contribution in [0.1, 0.15) is 213 Å². The first-order chi connectivity index (χ1) is 24.3. The average Bonchev–Trinajstić information content (AvgIpc) is 3.08. The van der Waals surface area contributed by atoms with Crippen molar-refractivity contribution in [3.63, 3.8) is 0 Å². The zero-order valence-electron chi connectivity index (χ0n) is 32.8. The van der Waals surface area contributed by atoms with E-state index < -0.39 is 28.0 Å². The lowest BCUT2D eigenvalue weighted by molar-refractivity contribution is -0.122. The van der Waals surface area contributed by atoms with Crippen LogP contribution < -0.4 is 5.32 Å². The van der Waals surface area contributed by atoms with Crippen LogP contribution in [0.3, 0.4) is 0 Å². The fourth-order valence-electron chi connectivity index (χ4n) is 6.35. The standard InChI is InChI=1S/C43H81NO5S/c1-3-5-7-9-11-13-15-17-19-20-21-22-23-24-25-26-28-30-32-34-36-38-42(45)41(40-50(47,48)49)44-43(46)39-37-35-33-31-29-27-18-16-14-12-10-8-6-4-2/h10,12,16,18,36,38,41-42,45H,3-9,11,13-15,17,19-35,37,39-40H2,1-2H3,(H,44,46)(H,47,48,49)/b12-10-,18-16-,38-36+. The van der Waals surface area contributed by atoms with E-state index >= 15 is 0 Å². The number of carbonyl (C=O) groups is 1. The molecular weight excluding hydrogens is 643 g/mol. The average molecular weight is 724 g/mol. The topological polar surface area (TPSA) is 104 Å². The molecule has 1 amide bonds. The second-order valence-electron chi connectivity index (χ2n) is 14.6. The largest absolute Gasteiger partial charge is 0.387 e. The van der Waals surface area contributed by atoms with Gasteiger partial charge in [-0.05, 0) is 44.9 Å². The highest BCUT2D eigenvalue weighted by molar-refractivity contribution is 7.85. The number of aliphatic hydroxyl groups is 1. The molecule has 0 saturated carbocycles. The zero-order valence-corrected chi connectivity index (χ0v) is 33.6. The van der Waals surface area contributed by atoms with Crippen molar-refractivity contribution in [2.75, 3.05) is 5.75 Å². The summed E-state index contributed by atoms with van der Waals surface area (Å²) in [5.74, 6) is -0.995.